The summed E-state index contributed by atoms with van der Waals surface area (Å²) in [5.41, 5.74) is 1.21. The minimum absolute atomic E-state index is 0.111. The molecule has 1 heterocycles. The summed E-state index contributed by atoms with van der Waals surface area (Å²) in [7, 11) is -3.76. The van der Waals surface area contributed by atoms with Crippen molar-refractivity contribution in [3.05, 3.63) is 22.4 Å². The van der Waals surface area contributed by atoms with Gasteiger partial charge in [-0.2, -0.15) is 8.42 Å². The molecule has 0 aromatic carbocycles. The Morgan fingerprint density at radius 2 is 1.88 bits per heavy atom. The first-order chi connectivity index (χ1) is 7.58. The Labute approximate surface area is 101 Å². The second-order valence-electron chi connectivity index (χ2n) is 3.80. The van der Waals surface area contributed by atoms with Gasteiger partial charge in [0.15, 0.2) is 0 Å². The van der Waals surface area contributed by atoms with E-state index in [0.29, 0.717) is 6.42 Å². The first kappa shape index (κ1) is 13.7. The fraction of sp³-hybridized carbons (Fsp3) is 0.636. The maximum absolute atomic E-state index is 10.4. The molecule has 90 valence electrons. The lowest BCUT2D eigenvalue weighted by Gasteiger charge is -2.00. The normalized spacial score (nSPS) is 11.8. The van der Waals surface area contributed by atoms with Crippen LogP contribution < -0.4 is 0 Å². The second-order valence-corrected chi connectivity index (χ2v) is 6.01. The van der Waals surface area contributed by atoms with Crippen molar-refractivity contribution in [3.63, 3.8) is 0 Å². The summed E-state index contributed by atoms with van der Waals surface area (Å²) in [5, 5.41) is 6.13. The predicted octanol–water partition coefficient (Wildman–Crippen LogP) is 2.73. The molecule has 0 spiro atoms. The maximum Gasteiger partial charge on any atom is 0.264 e. The molecule has 0 amide bonds. The van der Waals surface area contributed by atoms with Crippen LogP contribution in [-0.2, 0) is 16.5 Å². The van der Waals surface area contributed by atoms with E-state index >= 15 is 0 Å². The number of aryl methyl sites for hydroxylation is 1. The minimum Gasteiger partial charge on any atom is -0.286 e. The largest absolute Gasteiger partial charge is 0.286 e. The third-order valence-electron chi connectivity index (χ3n) is 2.32. The molecule has 3 nitrogen and oxygen atoms in total. The molecule has 1 rings (SSSR count). The lowest BCUT2D eigenvalue weighted by Crippen LogP contribution is -2.03. The zero-order chi connectivity index (χ0) is 11.9. The van der Waals surface area contributed by atoms with Gasteiger partial charge in [-0.1, -0.05) is 19.3 Å². The number of hydrogen-bond donors (Lipinski definition) is 1. The Kier molecular flexibility index (Phi) is 6.01. The van der Waals surface area contributed by atoms with Crippen LogP contribution in [0.5, 0.6) is 0 Å². The molecule has 5 heteroatoms. The van der Waals surface area contributed by atoms with Gasteiger partial charge in [0.05, 0.1) is 5.75 Å². The van der Waals surface area contributed by atoms with Crippen molar-refractivity contribution < 1.29 is 13.0 Å². The SMILES string of the molecule is O=S(=O)(O)CCCCCCCc1[c]s[c]c1. The summed E-state index contributed by atoms with van der Waals surface area (Å²) in [6, 6.07) is 1.96. The molecule has 1 aromatic heterocycles. The Hall–Kier alpha value is -0.390. The number of rotatable bonds is 8. The van der Waals surface area contributed by atoms with Crippen LogP contribution in [0.2, 0.25) is 0 Å². The number of unbranched alkanes of at least 4 members (excludes halogenated alkanes) is 4. The minimum atomic E-state index is -3.76. The summed E-state index contributed by atoms with van der Waals surface area (Å²) in [6.07, 6.45) is 5.65. The van der Waals surface area contributed by atoms with Gasteiger partial charge in [-0.3, -0.25) is 4.55 Å². The first-order valence-corrected chi connectivity index (χ1v) is 7.82. The average molecular weight is 260 g/mol. The summed E-state index contributed by atoms with van der Waals surface area (Å²) < 4.78 is 29.4. The number of hydrogen-bond acceptors (Lipinski definition) is 3. The van der Waals surface area contributed by atoms with Crippen LogP contribution in [0.4, 0.5) is 0 Å². The van der Waals surface area contributed by atoms with Crippen molar-refractivity contribution in [2.24, 2.45) is 0 Å². The number of thiophene rings is 1. The van der Waals surface area contributed by atoms with Gasteiger partial charge in [-0.25, -0.2) is 0 Å². The molecule has 0 unspecified atom stereocenters. The molecule has 0 saturated carbocycles. The summed E-state index contributed by atoms with van der Waals surface area (Å²) in [4.78, 5) is 0. The third kappa shape index (κ3) is 6.98. The van der Waals surface area contributed by atoms with Crippen molar-refractivity contribution in [1.82, 2.24) is 0 Å². The van der Waals surface area contributed by atoms with Crippen LogP contribution in [0.3, 0.4) is 0 Å². The zero-order valence-electron chi connectivity index (χ0n) is 9.11. The lowest BCUT2D eigenvalue weighted by atomic mass is 10.1. The predicted molar refractivity (Wildman–Crippen MR) is 65.2 cm³/mol. The van der Waals surface area contributed by atoms with Gasteiger partial charge in [0.1, 0.15) is 0 Å². The van der Waals surface area contributed by atoms with Gasteiger partial charge in [0.25, 0.3) is 10.1 Å². The van der Waals surface area contributed by atoms with Crippen molar-refractivity contribution in [1.29, 1.82) is 0 Å². The molecule has 0 fully saturated rings. The Morgan fingerprint density at radius 1 is 1.19 bits per heavy atom. The fourth-order valence-corrected chi connectivity index (χ4v) is 2.60. The van der Waals surface area contributed by atoms with E-state index in [-0.39, 0.29) is 5.75 Å². The van der Waals surface area contributed by atoms with Gasteiger partial charge in [-0.05, 0) is 30.9 Å². The van der Waals surface area contributed by atoms with Crippen molar-refractivity contribution in [3.8, 4) is 0 Å². The molecule has 0 bridgehead atoms. The molecule has 0 aliphatic heterocycles. The fourth-order valence-electron chi connectivity index (χ4n) is 1.48. The quantitative estimate of drug-likeness (QED) is 0.577. The zero-order valence-corrected chi connectivity index (χ0v) is 10.7. The van der Waals surface area contributed by atoms with E-state index in [0.717, 1.165) is 32.1 Å². The van der Waals surface area contributed by atoms with Gasteiger partial charge < -0.3 is 0 Å². The molecular weight excluding hydrogens is 244 g/mol. The van der Waals surface area contributed by atoms with E-state index in [4.69, 9.17) is 4.55 Å². The Balaban J connectivity index is 1.93. The van der Waals surface area contributed by atoms with Crippen LogP contribution in [-0.4, -0.2) is 18.7 Å². The van der Waals surface area contributed by atoms with E-state index in [1.165, 1.54) is 16.9 Å². The van der Waals surface area contributed by atoms with Crippen LogP contribution >= 0.6 is 11.3 Å². The first-order valence-electron chi connectivity index (χ1n) is 5.39. The van der Waals surface area contributed by atoms with Gasteiger partial charge in [0.2, 0.25) is 0 Å². The van der Waals surface area contributed by atoms with Crippen LogP contribution in [0.25, 0.3) is 0 Å². The molecule has 2 radical (unpaired) electrons. The van der Waals surface area contributed by atoms with E-state index in [9.17, 15) is 8.42 Å². The van der Waals surface area contributed by atoms with Crippen LogP contribution in [0.15, 0.2) is 6.07 Å². The second kappa shape index (κ2) is 7.04. The molecular formula is C11H16O3S2. The van der Waals surface area contributed by atoms with Crippen LogP contribution in [0, 0.1) is 10.8 Å². The van der Waals surface area contributed by atoms with E-state index in [2.05, 4.69) is 10.8 Å². The van der Waals surface area contributed by atoms with E-state index in [1.807, 2.05) is 6.07 Å². The molecule has 0 aliphatic rings. The molecule has 1 N–H and O–H groups in total. The monoisotopic (exact) mass is 260 g/mol. The molecule has 0 aliphatic carbocycles. The van der Waals surface area contributed by atoms with Gasteiger partial charge in [-0.15, -0.1) is 11.3 Å². The third-order valence-corrected chi connectivity index (χ3v) is 3.73. The summed E-state index contributed by atoms with van der Waals surface area (Å²) in [5.74, 6) is -0.111. The van der Waals surface area contributed by atoms with Crippen LogP contribution in [0.1, 0.15) is 37.7 Å². The smallest absolute Gasteiger partial charge is 0.264 e. The lowest BCUT2D eigenvalue weighted by molar-refractivity contribution is 0.479. The molecule has 0 saturated heterocycles. The Morgan fingerprint density at radius 3 is 2.50 bits per heavy atom. The maximum atomic E-state index is 10.4. The Bertz CT molecular complexity index is 368. The highest BCUT2D eigenvalue weighted by molar-refractivity contribution is 7.85. The highest BCUT2D eigenvalue weighted by Crippen LogP contribution is 2.11. The van der Waals surface area contributed by atoms with Crippen molar-refractivity contribution in [2.45, 2.75) is 38.5 Å². The summed E-state index contributed by atoms with van der Waals surface area (Å²) in [6.45, 7) is 0. The van der Waals surface area contributed by atoms with E-state index in [1.54, 1.807) is 0 Å². The highest BCUT2D eigenvalue weighted by atomic mass is 32.2. The standard InChI is InChI=1S/C11H16O3S2/c12-16(13,14)9-5-3-1-2-4-6-11-7-8-15-10-11/h7H,1-6,9H2,(H,12,13,14). The molecule has 16 heavy (non-hydrogen) atoms. The molecule has 1 aromatic rings. The van der Waals surface area contributed by atoms with Gasteiger partial charge in [0, 0.05) is 10.8 Å². The van der Waals surface area contributed by atoms with E-state index < -0.39 is 10.1 Å². The van der Waals surface area contributed by atoms with Crippen molar-refractivity contribution >= 4 is 21.5 Å². The molecule has 0 atom stereocenters. The topological polar surface area (TPSA) is 54.4 Å². The highest BCUT2D eigenvalue weighted by Gasteiger charge is 2.02. The van der Waals surface area contributed by atoms with Gasteiger partial charge >= 0.3 is 0 Å². The summed E-state index contributed by atoms with van der Waals surface area (Å²) >= 11 is 1.47. The average Bonchev–Trinajstić information content (AvgIpc) is 2.67. The van der Waals surface area contributed by atoms with Crippen molar-refractivity contribution in [2.75, 3.05) is 5.75 Å².